The fourth-order valence-corrected chi connectivity index (χ4v) is 3.99. The smallest absolute Gasteiger partial charge is 0.263 e. The Morgan fingerprint density at radius 2 is 1.81 bits per heavy atom. The first kappa shape index (κ1) is 16.5. The molecule has 0 aromatic heterocycles. The van der Waals surface area contributed by atoms with E-state index in [2.05, 4.69) is 20.7 Å². The van der Waals surface area contributed by atoms with E-state index in [0.717, 1.165) is 17.7 Å². The van der Waals surface area contributed by atoms with Crippen molar-refractivity contribution >= 4 is 54.8 Å². The molecule has 0 atom stereocenters. The molecule has 0 saturated carbocycles. The van der Waals surface area contributed by atoms with Crippen molar-refractivity contribution in [3.05, 3.63) is 57.8 Å². The maximum Gasteiger partial charge on any atom is 0.263 e. The second kappa shape index (κ2) is 6.52. The molecule has 3 nitrogen and oxygen atoms in total. The van der Waals surface area contributed by atoms with Gasteiger partial charge in [-0.05, 0) is 23.8 Å². The molecule has 2 aromatic carbocycles. The number of hydrogen-bond acceptors (Lipinski definition) is 2. The molecule has 0 radical (unpaired) electrons. The third kappa shape index (κ3) is 3.51. The van der Waals surface area contributed by atoms with E-state index in [1.807, 2.05) is 0 Å². The highest BCUT2D eigenvalue weighted by atomic mass is 79.9. The Morgan fingerprint density at radius 1 is 1.14 bits per heavy atom. The lowest BCUT2D eigenvalue weighted by molar-refractivity contribution is 0.595. The monoisotopic (exact) mass is 411 g/mol. The number of benzene rings is 2. The minimum absolute atomic E-state index is 0.236. The van der Waals surface area contributed by atoms with Gasteiger partial charge in [0, 0.05) is 5.33 Å². The molecule has 0 aliphatic heterocycles. The lowest BCUT2D eigenvalue weighted by Crippen LogP contribution is -2.15. The minimum atomic E-state index is -4.02. The zero-order valence-corrected chi connectivity index (χ0v) is 14.3. The molecule has 2 rings (SSSR count). The predicted octanol–water partition coefficient (Wildman–Crippen LogP) is 4.83. The molecule has 8 heteroatoms. The second-order valence-electron chi connectivity index (χ2n) is 4.07. The summed E-state index contributed by atoms with van der Waals surface area (Å²) in [7, 11) is -4.02. The van der Waals surface area contributed by atoms with Gasteiger partial charge in [-0.25, -0.2) is 12.8 Å². The topological polar surface area (TPSA) is 46.2 Å². The number of halogens is 4. The van der Waals surface area contributed by atoms with Gasteiger partial charge in [0.2, 0.25) is 0 Å². The number of para-hydroxylation sites is 1. The Kier molecular flexibility index (Phi) is 5.14. The number of alkyl halides is 1. The number of nitrogens with one attached hydrogen (secondary N) is 1. The van der Waals surface area contributed by atoms with Crippen LogP contribution in [0.3, 0.4) is 0 Å². The lowest BCUT2D eigenvalue weighted by atomic mass is 10.2. The Hall–Kier alpha value is -0.820. The maximum absolute atomic E-state index is 13.6. The van der Waals surface area contributed by atoms with E-state index < -0.39 is 20.9 Å². The Bertz CT molecular complexity index is 784. The number of anilines is 1. The van der Waals surface area contributed by atoms with Crippen molar-refractivity contribution in [2.24, 2.45) is 0 Å². The standard InChI is InChI=1S/C13H9BrCl2FNO2S/c14-7-8-3-1-2-4-10(8)18-21(19,20)11-6-5-9(15)13(17)12(11)16/h1-6,18H,7H2. The summed E-state index contributed by atoms with van der Waals surface area (Å²) in [6.45, 7) is 0. The molecule has 0 heterocycles. The van der Waals surface area contributed by atoms with Crippen molar-refractivity contribution in [3.63, 3.8) is 0 Å². The molecule has 1 N–H and O–H groups in total. The number of sulfonamides is 1. The van der Waals surface area contributed by atoms with Gasteiger partial charge in [0.1, 0.15) is 4.90 Å². The predicted molar refractivity (Wildman–Crippen MR) is 86.3 cm³/mol. The summed E-state index contributed by atoms with van der Waals surface area (Å²) in [6, 6.07) is 9.14. The molecular weight excluding hydrogens is 404 g/mol. The SMILES string of the molecule is O=S(=O)(Nc1ccccc1CBr)c1ccc(Cl)c(F)c1Cl. The highest BCUT2D eigenvalue weighted by Gasteiger charge is 2.22. The first-order valence-corrected chi connectivity index (χ1v) is 9.03. The van der Waals surface area contributed by atoms with E-state index in [0.29, 0.717) is 11.0 Å². The van der Waals surface area contributed by atoms with Crippen LogP contribution in [0.15, 0.2) is 41.3 Å². The molecule has 0 aliphatic carbocycles. The molecule has 0 aliphatic rings. The van der Waals surface area contributed by atoms with Gasteiger partial charge in [-0.2, -0.15) is 0 Å². The molecule has 0 spiro atoms. The van der Waals surface area contributed by atoms with Gasteiger partial charge in [0.15, 0.2) is 5.82 Å². The largest absolute Gasteiger partial charge is 0.279 e. The normalized spacial score (nSPS) is 11.4. The fraction of sp³-hybridized carbons (Fsp3) is 0.0769. The summed E-state index contributed by atoms with van der Waals surface area (Å²) in [5.41, 5.74) is 1.13. The summed E-state index contributed by atoms with van der Waals surface area (Å²) in [6.07, 6.45) is 0. The minimum Gasteiger partial charge on any atom is -0.279 e. The first-order chi connectivity index (χ1) is 9.86. The summed E-state index contributed by atoms with van der Waals surface area (Å²) >= 11 is 14.6. The van der Waals surface area contributed by atoms with Crippen molar-refractivity contribution < 1.29 is 12.8 Å². The molecular formula is C13H9BrCl2FNO2S. The Morgan fingerprint density at radius 3 is 2.48 bits per heavy atom. The lowest BCUT2D eigenvalue weighted by Gasteiger charge is -2.12. The van der Waals surface area contributed by atoms with Crippen LogP contribution in [0.4, 0.5) is 10.1 Å². The maximum atomic E-state index is 13.6. The van der Waals surface area contributed by atoms with Gasteiger partial charge in [-0.15, -0.1) is 0 Å². The Balaban J connectivity index is 2.46. The van der Waals surface area contributed by atoms with Crippen molar-refractivity contribution in [2.75, 3.05) is 4.72 Å². The van der Waals surface area contributed by atoms with E-state index in [4.69, 9.17) is 23.2 Å². The zero-order valence-electron chi connectivity index (χ0n) is 10.4. The average Bonchev–Trinajstić information content (AvgIpc) is 2.44. The molecule has 0 unspecified atom stereocenters. The summed E-state index contributed by atoms with van der Waals surface area (Å²) in [5, 5.41) is -0.305. The van der Waals surface area contributed by atoms with Gasteiger partial charge in [-0.3, -0.25) is 4.72 Å². The molecule has 0 fully saturated rings. The second-order valence-corrected chi connectivity index (χ2v) is 7.07. The van der Waals surface area contributed by atoms with E-state index in [-0.39, 0.29) is 9.92 Å². The van der Waals surface area contributed by atoms with E-state index in [9.17, 15) is 12.8 Å². The van der Waals surface area contributed by atoms with Crippen LogP contribution in [-0.4, -0.2) is 8.42 Å². The highest BCUT2D eigenvalue weighted by molar-refractivity contribution is 9.08. The molecule has 0 saturated heterocycles. The van der Waals surface area contributed by atoms with Crippen LogP contribution in [0.2, 0.25) is 10.0 Å². The van der Waals surface area contributed by atoms with Crippen molar-refractivity contribution in [2.45, 2.75) is 10.2 Å². The summed E-state index contributed by atoms with van der Waals surface area (Å²) in [5.74, 6) is -0.963. The van der Waals surface area contributed by atoms with E-state index >= 15 is 0 Å². The van der Waals surface area contributed by atoms with Gasteiger partial charge in [0.05, 0.1) is 15.7 Å². The van der Waals surface area contributed by atoms with Crippen LogP contribution in [0.1, 0.15) is 5.56 Å². The Labute approximate surface area is 140 Å². The van der Waals surface area contributed by atoms with Crippen molar-refractivity contribution in [1.82, 2.24) is 0 Å². The first-order valence-electron chi connectivity index (χ1n) is 5.67. The number of rotatable bonds is 4. The van der Waals surface area contributed by atoms with Crippen LogP contribution in [0.5, 0.6) is 0 Å². The van der Waals surface area contributed by atoms with Gasteiger partial charge < -0.3 is 0 Å². The van der Waals surface area contributed by atoms with Gasteiger partial charge in [0.25, 0.3) is 10.0 Å². The third-order valence-corrected chi connectivity index (χ3v) is 5.48. The van der Waals surface area contributed by atoms with Crippen molar-refractivity contribution in [3.8, 4) is 0 Å². The number of hydrogen-bond donors (Lipinski definition) is 1. The van der Waals surface area contributed by atoms with Gasteiger partial charge >= 0.3 is 0 Å². The van der Waals surface area contributed by atoms with Crippen LogP contribution in [0.25, 0.3) is 0 Å². The zero-order chi connectivity index (χ0) is 15.6. The van der Waals surface area contributed by atoms with Gasteiger partial charge in [-0.1, -0.05) is 57.3 Å². The van der Waals surface area contributed by atoms with Crippen LogP contribution < -0.4 is 4.72 Å². The summed E-state index contributed by atoms with van der Waals surface area (Å²) < 4.78 is 40.7. The molecule has 21 heavy (non-hydrogen) atoms. The third-order valence-electron chi connectivity index (χ3n) is 2.69. The summed E-state index contributed by atoms with van der Waals surface area (Å²) in [4.78, 5) is -0.365. The van der Waals surface area contributed by atoms with E-state index in [1.54, 1.807) is 24.3 Å². The van der Waals surface area contributed by atoms with Crippen LogP contribution in [-0.2, 0) is 15.4 Å². The van der Waals surface area contributed by atoms with E-state index in [1.165, 1.54) is 0 Å². The van der Waals surface area contributed by atoms with Crippen LogP contribution in [0, 0.1) is 5.82 Å². The average molecular weight is 413 g/mol. The molecule has 0 bridgehead atoms. The quantitative estimate of drug-likeness (QED) is 0.577. The van der Waals surface area contributed by atoms with Crippen LogP contribution >= 0.6 is 39.1 Å². The highest BCUT2D eigenvalue weighted by Crippen LogP contribution is 2.31. The fourth-order valence-electron chi connectivity index (χ4n) is 1.65. The molecule has 2 aromatic rings. The molecule has 112 valence electrons. The molecule has 0 amide bonds. The van der Waals surface area contributed by atoms with Crippen molar-refractivity contribution in [1.29, 1.82) is 0 Å².